The van der Waals surface area contributed by atoms with Crippen LogP contribution in [-0.4, -0.2) is 26.4 Å². The molecule has 7 nitrogen and oxygen atoms in total. The van der Waals surface area contributed by atoms with Crippen molar-refractivity contribution in [2.24, 2.45) is 0 Å². The van der Waals surface area contributed by atoms with Crippen molar-refractivity contribution in [1.82, 2.24) is 15.0 Å². The molecule has 2 aromatic rings. The van der Waals surface area contributed by atoms with Gasteiger partial charge in [-0.15, -0.1) is 0 Å². The molecule has 0 aliphatic rings. The molecule has 0 aliphatic heterocycles. The van der Waals surface area contributed by atoms with Gasteiger partial charge < -0.3 is 5.32 Å². The molecule has 0 atom stereocenters. The summed E-state index contributed by atoms with van der Waals surface area (Å²) in [6, 6.07) is 3.86. The van der Waals surface area contributed by atoms with E-state index in [0.29, 0.717) is 12.5 Å². The van der Waals surface area contributed by atoms with E-state index in [2.05, 4.69) is 20.3 Å². The minimum Gasteiger partial charge on any atom is -0.354 e. The van der Waals surface area contributed by atoms with Crippen molar-refractivity contribution in [2.45, 2.75) is 6.42 Å². The Morgan fingerprint density at radius 1 is 1.22 bits per heavy atom. The van der Waals surface area contributed by atoms with Crippen LogP contribution in [0.25, 0.3) is 0 Å². The second kappa shape index (κ2) is 5.67. The quantitative estimate of drug-likeness (QED) is 0.632. The molecule has 7 heteroatoms. The normalized spacial score (nSPS) is 10.0. The number of nitro groups is 1. The van der Waals surface area contributed by atoms with E-state index in [1.807, 2.05) is 12.1 Å². The molecule has 1 N–H and O–H groups in total. The van der Waals surface area contributed by atoms with Crippen LogP contribution in [0.4, 0.5) is 11.6 Å². The molecule has 0 fully saturated rings. The van der Waals surface area contributed by atoms with Crippen LogP contribution in [0.5, 0.6) is 0 Å². The Labute approximate surface area is 103 Å². The number of hydrogen-bond donors (Lipinski definition) is 1. The van der Waals surface area contributed by atoms with Gasteiger partial charge in [0.1, 0.15) is 12.4 Å². The van der Waals surface area contributed by atoms with Gasteiger partial charge in [-0.25, -0.2) is 9.97 Å². The minimum atomic E-state index is -0.527. The first-order valence-corrected chi connectivity index (χ1v) is 5.35. The average Bonchev–Trinajstić information content (AvgIpc) is 2.40. The van der Waals surface area contributed by atoms with E-state index >= 15 is 0 Å². The first-order chi connectivity index (χ1) is 8.75. The van der Waals surface area contributed by atoms with Crippen LogP contribution in [-0.2, 0) is 6.42 Å². The topological polar surface area (TPSA) is 93.8 Å². The molecule has 18 heavy (non-hydrogen) atoms. The summed E-state index contributed by atoms with van der Waals surface area (Å²) < 4.78 is 0. The predicted octanol–water partition coefficient (Wildman–Crippen LogP) is 1.43. The van der Waals surface area contributed by atoms with Gasteiger partial charge in [-0.2, -0.15) is 0 Å². The van der Waals surface area contributed by atoms with E-state index in [4.69, 9.17) is 0 Å². The molecule has 0 radical (unpaired) electrons. The Morgan fingerprint density at radius 2 is 1.89 bits per heavy atom. The molecule has 2 aromatic heterocycles. The first kappa shape index (κ1) is 11.9. The van der Waals surface area contributed by atoms with Crippen LogP contribution < -0.4 is 5.32 Å². The summed E-state index contributed by atoms with van der Waals surface area (Å²) in [5, 5.41) is 13.4. The van der Waals surface area contributed by atoms with Crippen LogP contribution in [0.15, 0.2) is 36.9 Å². The van der Waals surface area contributed by atoms with Gasteiger partial charge in [-0.05, 0) is 24.1 Å². The van der Waals surface area contributed by atoms with Gasteiger partial charge in [0.2, 0.25) is 5.95 Å². The van der Waals surface area contributed by atoms with E-state index in [9.17, 15) is 10.1 Å². The molecule has 0 aliphatic carbocycles. The Morgan fingerprint density at radius 3 is 2.50 bits per heavy atom. The van der Waals surface area contributed by atoms with E-state index in [-0.39, 0.29) is 5.69 Å². The second-order valence-electron chi connectivity index (χ2n) is 3.55. The molecule has 2 heterocycles. The van der Waals surface area contributed by atoms with Crippen molar-refractivity contribution in [3.8, 4) is 0 Å². The first-order valence-electron chi connectivity index (χ1n) is 5.35. The lowest BCUT2D eigenvalue weighted by Crippen LogP contribution is -2.08. The number of aromatic nitrogens is 3. The minimum absolute atomic E-state index is 0.116. The summed E-state index contributed by atoms with van der Waals surface area (Å²) in [5.41, 5.74) is 1.04. The molecular weight excluding hydrogens is 234 g/mol. The summed E-state index contributed by atoms with van der Waals surface area (Å²) in [5.74, 6) is 0.384. The van der Waals surface area contributed by atoms with Crippen LogP contribution in [0.1, 0.15) is 5.56 Å². The Balaban J connectivity index is 1.85. The molecule has 0 amide bonds. The van der Waals surface area contributed by atoms with Crippen molar-refractivity contribution in [3.63, 3.8) is 0 Å². The number of anilines is 1. The van der Waals surface area contributed by atoms with E-state index in [1.165, 1.54) is 12.4 Å². The fourth-order valence-corrected chi connectivity index (χ4v) is 1.37. The van der Waals surface area contributed by atoms with Gasteiger partial charge in [0.05, 0.1) is 4.92 Å². The summed E-state index contributed by atoms with van der Waals surface area (Å²) in [7, 11) is 0. The largest absolute Gasteiger partial charge is 0.354 e. The molecule has 2 rings (SSSR count). The SMILES string of the molecule is O=[N+]([O-])c1cnc(NCCc2ccncc2)nc1. The predicted molar refractivity (Wildman–Crippen MR) is 65.1 cm³/mol. The van der Waals surface area contributed by atoms with Gasteiger partial charge in [-0.1, -0.05) is 0 Å². The lowest BCUT2D eigenvalue weighted by molar-refractivity contribution is -0.385. The Hall–Kier alpha value is -2.57. The van der Waals surface area contributed by atoms with Crippen LogP contribution in [0.3, 0.4) is 0 Å². The highest BCUT2D eigenvalue weighted by atomic mass is 16.6. The molecule has 0 saturated carbocycles. The average molecular weight is 245 g/mol. The highest BCUT2D eigenvalue weighted by molar-refractivity contribution is 5.30. The van der Waals surface area contributed by atoms with Crippen LogP contribution in [0.2, 0.25) is 0 Å². The molecular formula is C11H11N5O2. The standard InChI is InChI=1S/C11H11N5O2/c17-16(18)10-7-14-11(15-8-10)13-6-3-9-1-4-12-5-2-9/h1-2,4-5,7-8H,3,6H2,(H,13,14,15). The number of nitrogens with zero attached hydrogens (tertiary/aromatic N) is 4. The molecule has 0 spiro atoms. The molecule has 0 bridgehead atoms. The molecule has 92 valence electrons. The zero-order valence-corrected chi connectivity index (χ0v) is 9.48. The molecule has 0 saturated heterocycles. The summed E-state index contributed by atoms with van der Waals surface area (Å²) >= 11 is 0. The maximum Gasteiger partial charge on any atom is 0.305 e. The van der Waals surface area contributed by atoms with Crippen LogP contribution >= 0.6 is 0 Å². The van der Waals surface area contributed by atoms with Gasteiger partial charge in [0.25, 0.3) is 0 Å². The van der Waals surface area contributed by atoms with Crippen molar-refractivity contribution in [2.75, 3.05) is 11.9 Å². The molecule has 0 unspecified atom stereocenters. The summed E-state index contributed by atoms with van der Waals surface area (Å²) in [6.07, 6.45) is 6.64. The summed E-state index contributed by atoms with van der Waals surface area (Å²) in [4.78, 5) is 21.5. The summed E-state index contributed by atoms with van der Waals surface area (Å²) in [6.45, 7) is 0.655. The lowest BCUT2D eigenvalue weighted by atomic mass is 10.2. The monoisotopic (exact) mass is 245 g/mol. The van der Waals surface area contributed by atoms with Gasteiger partial charge in [0, 0.05) is 18.9 Å². The Kier molecular flexibility index (Phi) is 3.75. The highest BCUT2D eigenvalue weighted by Crippen LogP contribution is 2.08. The lowest BCUT2D eigenvalue weighted by Gasteiger charge is -2.03. The third-order valence-electron chi connectivity index (χ3n) is 2.30. The zero-order chi connectivity index (χ0) is 12.8. The van der Waals surface area contributed by atoms with Crippen molar-refractivity contribution < 1.29 is 4.92 Å². The third-order valence-corrected chi connectivity index (χ3v) is 2.30. The van der Waals surface area contributed by atoms with Crippen LogP contribution in [0, 0.1) is 10.1 Å². The highest BCUT2D eigenvalue weighted by Gasteiger charge is 2.05. The second-order valence-corrected chi connectivity index (χ2v) is 3.55. The third kappa shape index (κ3) is 3.21. The van der Waals surface area contributed by atoms with E-state index in [1.54, 1.807) is 12.4 Å². The van der Waals surface area contributed by atoms with Crippen molar-refractivity contribution in [3.05, 3.63) is 52.6 Å². The number of rotatable bonds is 5. The fourth-order valence-electron chi connectivity index (χ4n) is 1.37. The smallest absolute Gasteiger partial charge is 0.305 e. The van der Waals surface area contributed by atoms with Crippen molar-refractivity contribution in [1.29, 1.82) is 0 Å². The Bertz CT molecular complexity index is 515. The molecule has 0 aromatic carbocycles. The fraction of sp³-hybridized carbons (Fsp3) is 0.182. The maximum absolute atomic E-state index is 10.4. The van der Waals surface area contributed by atoms with E-state index < -0.39 is 4.92 Å². The zero-order valence-electron chi connectivity index (χ0n) is 9.48. The maximum atomic E-state index is 10.4. The van der Waals surface area contributed by atoms with Gasteiger partial charge in [-0.3, -0.25) is 15.1 Å². The number of hydrogen-bond acceptors (Lipinski definition) is 6. The van der Waals surface area contributed by atoms with Gasteiger partial charge in [0.15, 0.2) is 0 Å². The van der Waals surface area contributed by atoms with E-state index in [0.717, 1.165) is 12.0 Å². The number of pyridine rings is 1. The van der Waals surface area contributed by atoms with Gasteiger partial charge >= 0.3 is 5.69 Å². The van der Waals surface area contributed by atoms with Crippen molar-refractivity contribution >= 4 is 11.6 Å². The number of nitrogens with one attached hydrogen (secondary N) is 1.